The molecule has 0 spiro atoms. The van der Waals surface area contributed by atoms with E-state index in [1.54, 1.807) is 24.3 Å². The van der Waals surface area contributed by atoms with Gasteiger partial charge in [-0.25, -0.2) is 0 Å². The maximum Gasteiger partial charge on any atom is 0.339 e. The summed E-state index contributed by atoms with van der Waals surface area (Å²) >= 11 is 4.09. The van der Waals surface area contributed by atoms with Crippen LogP contribution in [0.4, 0.5) is 10.5 Å². The summed E-state index contributed by atoms with van der Waals surface area (Å²) in [5.41, 5.74) is 0.886. The zero-order valence-electron chi connectivity index (χ0n) is 22.6. The second-order valence-electron chi connectivity index (χ2n) is 8.61. The Kier molecular flexibility index (Phi) is 9.81. The van der Waals surface area contributed by atoms with Crippen molar-refractivity contribution in [2.45, 2.75) is 11.8 Å². The van der Waals surface area contributed by atoms with Crippen LogP contribution in [0.25, 0.3) is 6.08 Å². The smallest absolute Gasteiger partial charge is 0.339 e. The van der Waals surface area contributed by atoms with Crippen LogP contribution in [0.3, 0.4) is 0 Å². The zero-order chi connectivity index (χ0) is 30.4. The minimum atomic E-state index is -4.27. The predicted molar refractivity (Wildman–Crippen MR) is 160 cm³/mol. The lowest BCUT2D eigenvalue weighted by molar-refractivity contribution is -0.123. The lowest BCUT2D eigenvalue weighted by Crippen LogP contribution is -2.32. The summed E-state index contributed by atoms with van der Waals surface area (Å²) in [6.07, 6.45) is 1.50. The van der Waals surface area contributed by atoms with Gasteiger partial charge in [-0.3, -0.25) is 19.3 Å². The lowest BCUT2D eigenvalue weighted by Gasteiger charge is -2.15. The van der Waals surface area contributed by atoms with E-state index >= 15 is 0 Å². The van der Waals surface area contributed by atoms with Gasteiger partial charge in [0.2, 0.25) is 5.91 Å². The molecular weight excluding hydrogens is 652 g/mol. The summed E-state index contributed by atoms with van der Waals surface area (Å²) in [6.45, 7) is 1.44. The van der Waals surface area contributed by atoms with Crippen LogP contribution in [0.15, 0.2) is 74.9 Å². The maximum atomic E-state index is 13.0. The summed E-state index contributed by atoms with van der Waals surface area (Å²) in [7, 11) is -1.42. The number of hydrogen-bond acceptors (Lipinski definition) is 10. The van der Waals surface area contributed by atoms with Crippen LogP contribution in [0, 0.1) is 0 Å². The standard InChI is InChI=1S/C28H25BrN2O9S2/c1-17(32)30-19-8-10-20(11-9-19)42(35,36)40-26-21(29)14-18(15-24(26)38-3)16-25-27(33)31(28(34)41-25)12-13-39-23-7-5-4-6-22(23)37-2/h4-11,14-16H,12-13H2,1-3H3,(H,30,32)/b25-16-. The Morgan fingerprint density at radius 1 is 1.00 bits per heavy atom. The number of nitrogens with one attached hydrogen (secondary N) is 1. The van der Waals surface area contributed by atoms with Crippen molar-refractivity contribution in [3.63, 3.8) is 0 Å². The molecule has 11 nitrogen and oxygen atoms in total. The molecule has 3 amide bonds. The van der Waals surface area contributed by atoms with Gasteiger partial charge in [-0.1, -0.05) is 12.1 Å². The van der Waals surface area contributed by atoms with Crippen molar-refractivity contribution in [1.29, 1.82) is 0 Å². The third kappa shape index (κ3) is 7.24. The molecule has 0 aliphatic carbocycles. The molecule has 1 N–H and O–H groups in total. The first kappa shape index (κ1) is 30.9. The largest absolute Gasteiger partial charge is 0.493 e. The highest BCUT2D eigenvalue weighted by Crippen LogP contribution is 2.40. The van der Waals surface area contributed by atoms with Gasteiger partial charge in [0, 0.05) is 12.6 Å². The quantitative estimate of drug-likeness (QED) is 0.210. The van der Waals surface area contributed by atoms with Crippen molar-refractivity contribution in [3.05, 3.63) is 75.6 Å². The first-order valence-electron chi connectivity index (χ1n) is 12.2. The summed E-state index contributed by atoms with van der Waals surface area (Å²) in [5, 5.41) is 2.11. The van der Waals surface area contributed by atoms with E-state index in [9.17, 15) is 22.8 Å². The molecule has 1 aliphatic rings. The fourth-order valence-electron chi connectivity index (χ4n) is 3.80. The molecule has 0 bridgehead atoms. The molecule has 3 aromatic carbocycles. The normalized spacial score (nSPS) is 14.2. The maximum absolute atomic E-state index is 13.0. The van der Waals surface area contributed by atoms with Crippen LogP contribution >= 0.6 is 27.7 Å². The number of carbonyl (C=O) groups excluding carboxylic acids is 3. The van der Waals surface area contributed by atoms with E-state index in [4.69, 9.17) is 18.4 Å². The first-order valence-corrected chi connectivity index (χ1v) is 15.2. The lowest BCUT2D eigenvalue weighted by atomic mass is 10.2. The van der Waals surface area contributed by atoms with Crippen molar-refractivity contribution < 1.29 is 41.2 Å². The fourth-order valence-corrected chi connectivity index (χ4v) is 6.27. The SMILES string of the molecule is COc1ccccc1OCCN1C(=O)S/C(=C\c2cc(Br)c(OS(=O)(=O)c3ccc(NC(C)=O)cc3)c(OC)c2)C1=O. The highest BCUT2D eigenvalue weighted by Gasteiger charge is 2.35. The van der Waals surface area contributed by atoms with Crippen molar-refractivity contribution in [1.82, 2.24) is 4.90 Å². The van der Waals surface area contributed by atoms with E-state index in [0.717, 1.165) is 16.7 Å². The molecule has 0 unspecified atom stereocenters. The van der Waals surface area contributed by atoms with Crippen molar-refractivity contribution >= 4 is 66.6 Å². The summed E-state index contributed by atoms with van der Waals surface area (Å²) < 4.78 is 47.8. The molecule has 220 valence electrons. The van der Waals surface area contributed by atoms with Gasteiger partial charge in [0.1, 0.15) is 11.5 Å². The summed E-state index contributed by atoms with van der Waals surface area (Å²) in [6, 6.07) is 15.5. The van der Waals surface area contributed by atoms with E-state index in [-0.39, 0.29) is 44.8 Å². The van der Waals surface area contributed by atoms with E-state index in [1.807, 2.05) is 0 Å². The number of ether oxygens (including phenoxy) is 3. The summed E-state index contributed by atoms with van der Waals surface area (Å²) in [4.78, 5) is 37.9. The highest BCUT2D eigenvalue weighted by molar-refractivity contribution is 9.10. The number of halogens is 1. The Balaban J connectivity index is 1.48. The Bertz CT molecular complexity index is 1660. The van der Waals surface area contributed by atoms with Crippen molar-refractivity contribution in [2.75, 3.05) is 32.7 Å². The molecule has 0 saturated carbocycles. The second kappa shape index (κ2) is 13.3. The van der Waals surface area contributed by atoms with Gasteiger partial charge in [0.15, 0.2) is 23.0 Å². The third-order valence-corrected chi connectivity index (χ3v) is 8.45. The molecule has 0 atom stereocenters. The van der Waals surface area contributed by atoms with Crippen molar-refractivity contribution in [3.8, 4) is 23.0 Å². The topological polar surface area (TPSA) is 138 Å². The van der Waals surface area contributed by atoms with E-state index in [2.05, 4.69) is 21.2 Å². The number of hydrogen-bond donors (Lipinski definition) is 1. The van der Waals surface area contributed by atoms with E-state index < -0.39 is 21.3 Å². The molecule has 3 aromatic rings. The molecule has 4 rings (SSSR count). The zero-order valence-corrected chi connectivity index (χ0v) is 25.8. The Morgan fingerprint density at radius 3 is 2.31 bits per heavy atom. The highest BCUT2D eigenvalue weighted by atomic mass is 79.9. The second-order valence-corrected chi connectivity index (χ2v) is 12.0. The molecule has 0 aromatic heterocycles. The van der Waals surface area contributed by atoms with Gasteiger partial charge >= 0.3 is 10.1 Å². The van der Waals surface area contributed by atoms with Crippen LogP contribution < -0.4 is 23.7 Å². The number of methoxy groups -OCH3 is 2. The van der Waals surface area contributed by atoms with E-state index in [0.29, 0.717) is 22.7 Å². The molecule has 1 heterocycles. The van der Waals surface area contributed by atoms with Gasteiger partial charge in [-0.05, 0) is 87.9 Å². The molecule has 1 saturated heterocycles. The summed E-state index contributed by atoms with van der Waals surface area (Å²) in [5.74, 6) is 0.199. The van der Waals surface area contributed by atoms with Gasteiger partial charge in [-0.2, -0.15) is 8.42 Å². The average molecular weight is 678 g/mol. The monoisotopic (exact) mass is 676 g/mol. The van der Waals surface area contributed by atoms with Gasteiger partial charge in [-0.15, -0.1) is 0 Å². The van der Waals surface area contributed by atoms with Crippen LogP contribution in [0.2, 0.25) is 0 Å². The van der Waals surface area contributed by atoms with Crippen molar-refractivity contribution in [2.24, 2.45) is 0 Å². The number of para-hydroxylation sites is 2. The van der Waals surface area contributed by atoms with Gasteiger partial charge in [0.25, 0.3) is 11.1 Å². The molecule has 14 heteroatoms. The number of imide groups is 1. The molecular formula is C28H25BrN2O9S2. The number of carbonyl (C=O) groups is 3. The third-order valence-electron chi connectivity index (χ3n) is 5.72. The van der Waals surface area contributed by atoms with Crippen LogP contribution in [0.1, 0.15) is 12.5 Å². The van der Waals surface area contributed by atoms with E-state index in [1.165, 1.54) is 63.6 Å². The predicted octanol–water partition coefficient (Wildman–Crippen LogP) is 5.31. The Morgan fingerprint density at radius 2 is 1.67 bits per heavy atom. The van der Waals surface area contributed by atoms with Crippen LogP contribution in [-0.4, -0.2) is 57.7 Å². The van der Waals surface area contributed by atoms with Gasteiger partial charge in [0.05, 0.1) is 30.1 Å². The minimum absolute atomic E-state index is 0.0313. The Labute approximate surface area is 255 Å². The number of anilines is 1. The molecule has 0 radical (unpaired) electrons. The molecule has 42 heavy (non-hydrogen) atoms. The number of benzene rings is 3. The average Bonchev–Trinajstić information content (AvgIpc) is 3.21. The molecule has 1 aliphatic heterocycles. The van der Waals surface area contributed by atoms with Crippen LogP contribution in [-0.2, 0) is 19.7 Å². The van der Waals surface area contributed by atoms with Gasteiger partial charge < -0.3 is 23.7 Å². The number of thioether (sulfide) groups is 1. The fraction of sp³-hybridized carbons (Fsp3) is 0.179. The minimum Gasteiger partial charge on any atom is -0.493 e. The number of rotatable bonds is 11. The number of nitrogens with zero attached hydrogens (tertiary/aromatic N) is 1. The molecule has 1 fully saturated rings. The Hall–Kier alpha value is -4.01. The number of amides is 3. The first-order chi connectivity index (χ1) is 20.0. The van der Waals surface area contributed by atoms with Crippen LogP contribution in [0.5, 0.6) is 23.0 Å².